The lowest BCUT2D eigenvalue weighted by molar-refractivity contribution is -0.123. The van der Waals surface area contributed by atoms with Crippen molar-refractivity contribution in [1.29, 1.82) is 0 Å². The van der Waals surface area contributed by atoms with Gasteiger partial charge in [-0.15, -0.1) is 0 Å². The van der Waals surface area contributed by atoms with Crippen molar-refractivity contribution in [2.45, 2.75) is 0 Å². The maximum Gasteiger partial charge on any atom is 0.278 e. The number of halogens is 1. The normalized spacial score (nSPS) is 10.9. The standard InChI is InChI=1S/C18H14BrN3O3/c19-14-9-12(5-7-16(14)23)10-20-22-17(24)11-25-18-8-6-13-3-1-2-4-15(13)21-18/h1-10,23H,11H2,(H,22,24)/b20-10-. The fourth-order valence-electron chi connectivity index (χ4n) is 2.08. The van der Waals surface area contributed by atoms with Crippen LogP contribution in [0.1, 0.15) is 5.56 Å². The number of nitrogens with one attached hydrogen (secondary N) is 1. The summed E-state index contributed by atoms with van der Waals surface area (Å²) in [6.45, 7) is -0.193. The molecule has 0 fully saturated rings. The van der Waals surface area contributed by atoms with E-state index in [9.17, 15) is 9.90 Å². The van der Waals surface area contributed by atoms with Crippen LogP contribution in [0.25, 0.3) is 10.9 Å². The molecule has 0 saturated carbocycles. The number of aromatic hydroxyl groups is 1. The molecule has 0 aliphatic carbocycles. The van der Waals surface area contributed by atoms with E-state index in [-0.39, 0.29) is 12.4 Å². The van der Waals surface area contributed by atoms with Crippen LogP contribution in [0.5, 0.6) is 11.6 Å². The maximum atomic E-state index is 11.8. The van der Waals surface area contributed by atoms with Crippen molar-refractivity contribution in [2.24, 2.45) is 5.10 Å². The highest BCUT2D eigenvalue weighted by Gasteiger charge is 2.04. The van der Waals surface area contributed by atoms with Crippen molar-refractivity contribution in [3.05, 3.63) is 64.6 Å². The minimum absolute atomic E-state index is 0.137. The van der Waals surface area contributed by atoms with E-state index in [0.29, 0.717) is 10.4 Å². The van der Waals surface area contributed by atoms with Gasteiger partial charge in [0.05, 0.1) is 16.2 Å². The summed E-state index contributed by atoms with van der Waals surface area (Å²) in [6.07, 6.45) is 1.47. The molecule has 1 heterocycles. The summed E-state index contributed by atoms with van der Waals surface area (Å²) in [5.74, 6) is 0.113. The van der Waals surface area contributed by atoms with Gasteiger partial charge in [-0.25, -0.2) is 10.4 Å². The zero-order valence-corrected chi connectivity index (χ0v) is 14.6. The zero-order chi connectivity index (χ0) is 17.6. The van der Waals surface area contributed by atoms with Gasteiger partial charge in [0.25, 0.3) is 5.91 Å². The molecule has 0 aliphatic heterocycles. The Hall–Kier alpha value is -2.93. The van der Waals surface area contributed by atoms with Crippen LogP contribution >= 0.6 is 15.9 Å². The molecule has 3 aromatic rings. The highest BCUT2D eigenvalue weighted by atomic mass is 79.9. The predicted molar refractivity (Wildman–Crippen MR) is 98.8 cm³/mol. The first kappa shape index (κ1) is 16.9. The number of phenolic OH excluding ortho intramolecular Hbond substituents is 1. The monoisotopic (exact) mass is 399 g/mol. The summed E-state index contributed by atoms with van der Waals surface area (Å²) >= 11 is 3.21. The minimum Gasteiger partial charge on any atom is -0.507 e. The Morgan fingerprint density at radius 1 is 1.24 bits per heavy atom. The third kappa shape index (κ3) is 4.54. The van der Waals surface area contributed by atoms with E-state index in [1.807, 2.05) is 30.3 Å². The van der Waals surface area contributed by atoms with Crippen LogP contribution in [-0.4, -0.2) is 28.8 Å². The second-order valence-electron chi connectivity index (χ2n) is 5.13. The Balaban J connectivity index is 1.53. The Bertz CT molecular complexity index is 944. The number of hydrogen-bond acceptors (Lipinski definition) is 5. The third-order valence-electron chi connectivity index (χ3n) is 3.30. The molecule has 0 spiro atoms. The molecular weight excluding hydrogens is 386 g/mol. The molecule has 25 heavy (non-hydrogen) atoms. The molecule has 7 heteroatoms. The van der Waals surface area contributed by atoms with Gasteiger partial charge in [-0.1, -0.05) is 18.2 Å². The molecule has 0 atom stereocenters. The molecule has 0 radical (unpaired) electrons. The summed E-state index contributed by atoms with van der Waals surface area (Å²) in [7, 11) is 0. The number of para-hydroxylation sites is 1. The maximum absolute atomic E-state index is 11.8. The lowest BCUT2D eigenvalue weighted by Gasteiger charge is -2.05. The largest absolute Gasteiger partial charge is 0.507 e. The number of amides is 1. The molecule has 1 aromatic heterocycles. The number of benzene rings is 2. The van der Waals surface area contributed by atoms with Crippen molar-refractivity contribution in [2.75, 3.05) is 6.61 Å². The Labute approximate surface area is 152 Å². The second kappa shape index (κ2) is 7.76. The SMILES string of the molecule is O=C(COc1ccc2ccccc2n1)N/N=C\c1ccc(O)c(Br)c1. The zero-order valence-electron chi connectivity index (χ0n) is 13.0. The van der Waals surface area contributed by atoms with E-state index in [4.69, 9.17) is 4.74 Å². The Morgan fingerprint density at radius 3 is 2.92 bits per heavy atom. The number of rotatable bonds is 5. The van der Waals surface area contributed by atoms with Gasteiger partial charge in [-0.3, -0.25) is 4.79 Å². The predicted octanol–water partition coefficient (Wildman–Crippen LogP) is 3.23. The molecule has 6 nitrogen and oxygen atoms in total. The summed E-state index contributed by atoms with van der Waals surface area (Å²) in [5, 5.41) is 14.3. The molecule has 0 bridgehead atoms. The van der Waals surface area contributed by atoms with E-state index in [0.717, 1.165) is 16.5 Å². The van der Waals surface area contributed by atoms with Gasteiger partial charge in [0, 0.05) is 11.5 Å². The van der Waals surface area contributed by atoms with Crippen LogP contribution in [0.3, 0.4) is 0 Å². The molecule has 0 aliphatic rings. The first-order valence-electron chi connectivity index (χ1n) is 7.41. The fraction of sp³-hybridized carbons (Fsp3) is 0.0556. The van der Waals surface area contributed by atoms with Crippen molar-refractivity contribution >= 4 is 39.0 Å². The second-order valence-corrected chi connectivity index (χ2v) is 5.99. The Morgan fingerprint density at radius 2 is 2.08 bits per heavy atom. The number of carbonyl (C=O) groups excluding carboxylic acids is 1. The number of phenols is 1. The number of ether oxygens (including phenoxy) is 1. The molecule has 0 unspecified atom stereocenters. The lowest BCUT2D eigenvalue weighted by Crippen LogP contribution is -2.24. The first-order valence-corrected chi connectivity index (χ1v) is 8.20. The first-order chi connectivity index (χ1) is 12.1. The molecule has 126 valence electrons. The molecule has 0 saturated heterocycles. The van der Waals surface area contributed by atoms with E-state index in [1.54, 1.807) is 18.2 Å². The number of hydrogen-bond donors (Lipinski definition) is 2. The highest BCUT2D eigenvalue weighted by molar-refractivity contribution is 9.10. The summed E-state index contributed by atoms with van der Waals surface area (Å²) < 4.78 is 5.93. The van der Waals surface area contributed by atoms with E-state index < -0.39 is 5.91 Å². The van der Waals surface area contributed by atoms with Crippen LogP contribution in [0.4, 0.5) is 0 Å². The van der Waals surface area contributed by atoms with Crippen LogP contribution < -0.4 is 10.2 Å². The number of hydrazone groups is 1. The third-order valence-corrected chi connectivity index (χ3v) is 3.93. The summed E-state index contributed by atoms with van der Waals surface area (Å²) in [4.78, 5) is 16.1. The highest BCUT2D eigenvalue weighted by Crippen LogP contribution is 2.23. The Kier molecular flexibility index (Phi) is 5.25. The molecular formula is C18H14BrN3O3. The molecule has 2 aromatic carbocycles. The smallest absolute Gasteiger partial charge is 0.278 e. The number of carbonyl (C=O) groups is 1. The van der Waals surface area contributed by atoms with Crippen molar-refractivity contribution in [1.82, 2.24) is 10.4 Å². The van der Waals surface area contributed by atoms with Crippen molar-refractivity contribution in [3.63, 3.8) is 0 Å². The van der Waals surface area contributed by atoms with Gasteiger partial charge in [0.1, 0.15) is 5.75 Å². The van der Waals surface area contributed by atoms with Crippen LogP contribution in [0.2, 0.25) is 0 Å². The topological polar surface area (TPSA) is 83.8 Å². The average Bonchev–Trinajstić information content (AvgIpc) is 2.63. The number of aromatic nitrogens is 1. The van der Waals surface area contributed by atoms with Gasteiger partial charge in [0.2, 0.25) is 5.88 Å². The number of nitrogens with zero attached hydrogens (tertiary/aromatic N) is 2. The summed E-state index contributed by atoms with van der Waals surface area (Å²) in [6, 6.07) is 16.1. The van der Waals surface area contributed by atoms with Crippen LogP contribution in [-0.2, 0) is 4.79 Å². The van der Waals surface area contributed by atoms with Crippen molar-refractivity contribution in [3.8, 4) is 11.6 Å². The van der Waals surface area contributed by atoms with E-state index in [2.05, 4.69) is 31.4 Å². The lowest BCUT2D eigenvalue weighted by atomic mass is 10.2. The molecule has 3 rings (SSSR count). The molecule has 1 amide bonds. The average molecular weight is 400 g/mol. The van der Waals surface area contributed by atoms with Crippen LogP contribution in [0, 0.1) is 0 Å². The van der Waals surface area contributed by atoms with Gasteiger partial charge in [0.15, 0.2) is 6.61 Å². The molecule has 2 N–H and O–H groups in total. The van der Waals surface area contributed by atoms with E-state index in [1.165, 1.54) is 12.3 Å². The van der Waals surface area contributed by atoms with Crippen molar-refractivity contribution < 1.29 is 14.6 Å². The number of pyridine rings is 1. The fourth-order valence-corrected chi connectivity index (χ4v) is 2.48. The van der Waals surface area contributed by atoms with Gasteiger partial charge >= 0.3 is 0 Å². The van der Waals surface area contributed by atoms with E-state index >= 15 is 0 Å². The van der Waals surface area contributed by atoms with Gasteiger partial charge < -0.3 is 9.84 Å². The number of fused-ring (bicyclic) bond motifs is 1. The van der Waals surface area contributed by atoms with Gasteiger partial charge in [-0.2, -0.15) is 5.10 Å². The van der Waals surface area contributed by atoms with Crippen LogP contribution in [0.15, 0.2) is 64.2 Å². The minimum atomic E-state index is -0.399. The summed E-state index contributed by atoms with van der Waals surface area (Å²) in [5.41, 5.74) is 3.90. The van der Waals surface area contributed by atoms with Gasteiger partial charge in [-0.05, 0) is 51.8 Å². The quantitative estimate of drug-likeness (QED) is 0.509.